The first kappa shape index (κ1) is 25.2. The van der Waals surface area contributed by atoms with Crippen LogP contribution in [0.3, 0.4) is 0 Å². The molecule has 0 saturated heterocycles. The maximum Gasteiger partial charge on any atom is 0.342 e. The molecule has 4 aliphatic carbocycles. The summed E-state index contributed by atoms with van der Waals surface area (Å²) in [5, 5.41) is 22.2. The Morgan fingerprint density at radius 1 is 1.11 bits per heavy atom. The highest BCUT2D eigenvalue weighted by molar-refractivity contribution is 5.91. The number of nitrogens with one attached hydrogen (secondary N) is 1. The number of benzene rings is 1. The number of amides is 1. The van der Waals surface area contributed by atoms with Gasteiger partial charge in [0.05, 0.1) is 5.60 Å². The molecular formula is C30H38FNO5. The van der Waals surface area contributed by atoms with Crippen molar-refractivity contribution in [3.8, 4) is 5.75 Å². The van der Waals surface area contributed by atoms with E-state index in [-0.39, 0.29) is 35.6 Å². The van der Waals surface area contributed by atoms with E-state index in [9.17, 15) is 19.9 Å². The molecule has 9 atom stereocenters. The number of halogens is 1. The van der Waals surface area contributed by atoms with Crippen molar-refractivity contribution in [2.45, 2.75) is 82.9 Å². The molecule has 1 unspecified atom stereocenters. The second-order valence-electron chi connectivity index (χ2n) is 13.0. The molecule has 0 radical (unpaired) electrons. The van der Waals surface area contributed by atoms with Crippen molar-refractivity contribution in [2.75, 3.05) is 6.61 Å². The van der Waals surface area contributed by atoms with E-state index >= 15 is 4.39 Å². The first-order valence-electron chi connectivity index (χ1n) is 14.0. The van der Waals surface area contributed by atoms with E-state index in [1.54, 1.807) is 24.3 Å². The van der Waals surface area contributed by atoms with E-state index < -0.39 is 22.2 Å². The summed E-state index contributed by atoms with van der Waals surface area (Å²) in [6.07, 6.45) is 9.69. The Kier molecular flexibility index (Phi) is 5.94. The molecule has 4 fully saturated rings. The third-order valence-corrected chi connectivity index (χ3v) is 11.0. The lowest BCUT2D eigenvalue weighted by molar-refractivity contribution is -0.686. The molecule has 0 spiro atoms. The maximum atomic E-state index is 16.6. The summed E-state index contributed by atoms with van der Waals surface area (Å²) in [7, 11) is 0. The summed E-state index contributed by atoms with van der Waals surface area (Å²) in [5.41, 5.74) is -1.10. The average molecular weight is 512 g/mol. The molecular weight excluding hydrogens is 473 g/mol. The van der Waals surface area contributed by atoms with Gasteiger partial charge in [-0.1, -0.05) is 6.92 Å². The van der Waals surface area contributed by atoms with Crippen LogP contribution in [0.2, 0.25) is 0 Å². The van der Waals surface area contributed by atoms with Gasteiger partial charge in [-0.2, -0.15) is 0 Å². The molecule has 6 nitrogen and oxygen atoms in total. The molecule has 2 N–H and O–H groups in total. The fraction of sp³-hybridized carbons (Fsp3) is 0.667. The third kappa shape index (κ3) is 4.00. The van der Waals surface area contributed by atoms with Gasteiger partial charge in [-0.25, -0.2) is 9.18 Å². The Bertz CT molecular complexity index is 1150. The molecule has 200 valence electrons. The fourth-order valence-corrected chi connectivity index (χ4v) is 9.10. The minimum atomic E-state index is -1.18. The number of carbonyl (C=O) groups excluding carboxylic acids is 2. The van der Waals surface area contributed by atoms with E-state index in [1.807, 2.05) is 6.92 Å². The highest BCUT2D eigenvalue weighted by atomic mass is 19.1. The smallest absolute Gasteiger partial charge is 0.342 e. The van der Waals surface area contributed by atoms with Gasteiger partial charge in [-0.3, -0.25) is 9.86 Å². The van der Waals surface area contributed by atoms with Crippen molar-refractivity contribution in [3.05, 3.63) is 35.0 Å². The Balaban J connectivity index is 1.14. The summed E-state index contributed by atoms with van der Waals surface area (Å²) >= 11 is 0. The van der Waals surface area contributed by atoms with Gasteiger partial charge >= 0.3 is 5.91 Å². The van der Waals surface area contributed by atoms with Crippen molar-refractivity contribution in [1.29, 1.82) is 0 Å². The summed E-state index contributed by atoms with van der Waals surface area (Å²) < 4.78 is 22.4. The molecule has 1 amide bonds. The van der Waals surface area contributed by atoms with Gasteiger partial charge in [0.1, 0.15) is 23.7 Å². The molecule has 4 saturated carbocycles. The van der Waals surface area contributed by atoms with Crippen LogP contribution in [0.1, 0.15) is 77.2 Å². The highest BCUT2D eigenvalue weighted by Gasteiger charge is 2.63. The number of alkyl halides is 1. The molecule has 7 heteroatoms. The van der Waals surface area contributed by atoms with Gasteiger partial charge in [0.25, 0.3) is 0 Å². The minimum Gasteiger partial charge on any atom is -0.621 e. The van der Waals surface area contributed by atoms with E-state index in [0.29, 0.717) is 48.1 Å². The van der Waals surface area contributed by atoms with E-state index in [0.717, 1.165) is 38.5 Å². The van der Waals surface area contributed by atoms with E-state index in [1.165, 1.54) is 6.08 Å². The summed E-state index contributed by atoms with van der Waals surface area (Å²) in [5.74, 6) is 0.457. The Hall–Kier alpha value is -2.09. The number of hydrogen-bond acceptors (Lipinski definition) is 5. The number of aliphatic hydroxyl groups is 1. The second-order valence-corrected chi connectivity index (χ2v) is 13.0. The number of quaternary nitrogens is 1. The van der Waals surface area contributed by atoms with Crippen LogP contribution in [-0.4, -0.2) is 34.7 Å². The van der Waals surface area contributed by atoms with Crippen LogP contribution >= 0.6 is 0 Å². The van der Waals surface area contributed by atoms with Gasteiger partial charge in [0.15, 0.2) is 5.78 Å². The lowest BCUT2D eigenvalue weighted by Gasteiger charge is -2.59. The molecule has 37 heavy (non-hydrogen) atoms. The van der Waals surface area contributed by atoms with Crippen LogP contribution in [-0.2, 0) is 9.59 Å². The Labute approximate surface area is 217 Å². The number of Topliss-reactive ketones (excluding diaryl/α,β-unsaturated/α-hetero) is 1. The van der Waals surface area contributed by atoms with Crippen molar-refractivity contribution >= 4 is 23.5 Å². The predicted molar refractivity (Wildman–Crippen MR) is 137 cm³/mol. The number of rotatable bonds is 4. The number of hydroxylamine groups is 1. The number of ketones is 1. The van der Waals surface area contributed by atoms with Crippen molar-refractivity contribution in [3.63, 3.8) is 0 Å². The van der Waals surface area contributed by atoms with E-state index in [4.69, 9.17) is 4.74 Å². The van der Waals surface area contributed by atoms with Gasteiger partial charge < -0.3 is 15.1 Å². The predicted octanol–water partition coefficient (Wildman–Crippen LogP) is 4.31. The molecule has 1 heterocycles. The molecule has 1 aliphatic heterocycles. The maximum absolute atomic E-state index is 16.6. The van der Waals surface area contributed by atoms with Crippen LogP contribution < -0.4 is 9.80 Å². The molecule has 5 aliphatic rings. The SMILES string of the molecule is C[C@@]1(O)CC[C@@]2(F)[C@H](CC[C@H]3[C@@H]4CC[C@H](C(=O)COc5ccc6c(c5)[NH+]([O-])C(=O)C=C6)[C@@]4(C)CC[C@@H]32)C1. The normalized spacial score (nSPS) is 44.4. The van der Waals surface area contributed by atoms with Gasteiger partial charge in [0.2, 0.25) is 0 Å². The Morgan fingerprint density at radius 3 is 2.73 bits per heavy atom. The van der Waals surface area contributed by atoms with Crippen LogP contribution in [0.25, 0.3) is 6.08 Å². The lowest BCUT2D eigenvalue weighted by Crippen LogP contribution is -3.05. The summed E-state index contributed by atoms with van der Waals surface area (Å²) in [6, 6.07) is 5.01. The number of carbonyl (C=O) groups is 2. The molecule has 6 rings (SSSR count). The van der Waals surface area contributed by atoms with Gasteiger partial charge in [-0.15, -0.1) is 0 Å². The van der Waals surface area contributed by atoms with Crippen molar-refractivity contribution in [2.24, 2.45) is 35.0 Å². The highest BCUT2D eigenvalue weighted by Crippen LogP contribution is 2.66. The van der Waals surface area contributed by atoms with E-state index in [2.05, 4.69) is 6.92 Å². The van der Waals surface area contributed by atoms with Gasteiger partial charge in [0, 0.05) is 23.6 Å². The molecule has 0 bridgehead atoms. The van der Waals surface area contributed by atoms with Crippen LogP contribution in [0.5, 0.6) is 5.75 Å². The van der Waals surface area contributed by atoms with Crippen LogP contribution in [0.4, 0.5) is 10.1 Å². The first-order valence-corrected chi connectivity index (χ1v) is 14.0. The van der Waals surface area contributed by atoms with Gasteiger partial charge in [-0.05, 0) is 112 Å². The summed E-state index contributed by atoms with van der Waals surface area (Å²) in [4.78, 5) is 25.2. The first-order chi connectivity index (χ1) is 17.5. The molecule has 1 aromatic rings. The van der Waals surface area contributed by atoms with Crippen LogP contribution in [0, 0.1) is 40.2 Å². The lowest BCUT2D eigenvalue weighted by atomic mass is 9.48. The molecule has 0 aromatic heterocycles. The quantitative estimate of drug-likeness (QED) is 0.588. The molecule has 1 aromatic carbocycles. The Morgan fingerprint density at radius 2 is 1.92 bits per heavy atom. The number of hydrogen-bond donors (Lipinski definition) is 2. The second kappa shape index (κ2) is 8.72. The largest absolute Gasteiger partial charge is 0.621 e. The number of ether oxygens (including phenoxy) is 1. The van der Waals surface area contributed by atoms with Crippen molar-refractivity contribution < 1.29 is 28.9 Å². The monoisotopic (exact) mass is 511 g/mol. The fourth-order valence-electron chi connectivity index (χ4n) is 9.10. The summed E-state index contributed by atoms with van der Waals surface area (Å²) in [6.45, 7) is 4.02. The third-order valence-electron chi connectivity index (χ3n) is 11.0. The zero-order valence-corrected chi connectivity index (χ0v) is 21.8. The zero-order chi connectivity index (χ0) is 26.2. The average Bonchev–Trinajstić information content (AvgIpc) is 3.22. The van der Waals surface area contributed by atoms with Crippen LogP contribution in [0.15, 0.2) is 24.3 Å². The topological polar surface area (TPSA) is 91.1 Å². The zero-order valence-electron chi connectivity index (χ0n) is 21.8. The van der Waals surface area contributed by atoms with Crippen molar-refractivity contribution in [1.82, 2.24) is 0 Å². The number of fused-ring (bicyclic) bond motifs is 6. The standard InChI is InChI=1S/C30H38FNO5/c1-28(35)13-14-30(31)19(16-28)5-7-21-22-8-9-24(29(22,2)12-11-23(21)30)26(33)17-37-20-6-3-18-4-10-27(34)32(36)25(18)15-20/h3-4,6,10,15,19,21-24,32,35H,5,7-9,11-14,16-17H2,1-2H3/t19-,21+,22+,23+,24-,28-,29+,30-/m1/s1. The minimum absolute atomic E-state index is 0.0373.